The molecule has 10 heteroatoms. The zero-order valence-corrected chi connectivity index (χ0v) is 21.9. The molecule has 0 saturated heterocycles. The maximum atomic E-state index is 11.8. The van der Waals surface area contributed by atoms with Crippen LogP contribution in [0, 0.1) is 0 Å². The number of amides is 1. The number of aliphatic hydroxyl groups excluding tert-OH is 1. The maximum Gasteiger partial charge on any atom is 0.472 e. The van der Waals surface area contributed by atoms with Gasteiger partial charge in [0.15, 0.2) is 0 Å². The van der Waals surface area contributed by atoms with Crippen LogP contribution in [0.4, 0.5) is 0 Å². The van der Waals surface area contributed by atoms with Crippen LogP contribution in [0.3, 0.4) is 0 Å². The number of aliphatic hydroxyl groups is 1. The minimum Gasteiger partial charge on any atom is -0.463 e. The van der Waals surface area contributed by atoms with Crippen LogP contribution in [0.15, 0.2) is 12.2 Å². The van der Waals surface area contributed by atoms with E-state index in [-0.39, 0.29) is 32.1 Å². The van der Waals surface area contributed by atoms with Crippen molar-refractivity contribution >= 4 is 19.7 Å². The van der Waals surface area contributed by atoms with E-state index >= 15 is 0 Å². The molecular weight excluding hydrogens is 461 g/mol. The number of allylic oxidation sites excluding steroid dienone is 2. The number of ether oxygens (including phenoxy) is 1. The molecule has 9 nitrogen and oxygen atoms in total. The topological polar surface area (TPSA) is 131 Å². The first kappa shape index (κ1) is 32.8. The van der Waals surface area contributed by atoms with Crippen LogP contribution in [-0.4, -0.2) is 54.3 Å². The first-order valence-corrected chi connectivity index (χ1v) is 14.2. The molecule has 200 valence electrons. The number of unbranched alkanes of at least 4 members (excludes halogenated alkanes) is 8. The minimum atomic E-state index is -4.37. The third-order valence-electron chi connectivity index (χ3n) is 4.92. The predicted octanol–water partition coefficient (Wildman–Crippen LogP) is 4.81. The van der Waals surface area contributed by atoms with Gasteiger partial charge >= 0.3 is 13.8 Å². The van der Waals surface area contributed by atoms with E-state index in [9.17, 15) is 24.2 Å². The van der Waals surface area contributed by atoms with Gasteiger partial charge in [0.2, 0.25) is 5.91 Å². The fraction of sp³-hybridized carbons (Fsp3) is 0.833. The predicted molar refractivity (Wildman–Crippen MR) is 132 cm³/mol. The molecule has 34 heavy (non-hydrogen) atoms. The molecule has 0 aliphatic rings. The number of rotatable bonds is 23. The van der Waals surface area contributed by atoms with Crippen LogP contribution in [0.2, 0.25) is 0 Å². The van der Waals surface area contributed by atoms with Crippen molar-refractivity contribution in [1.29, 1.82) is 0 Å². The number of esters is 1. The number of hydrogen-bond acceptors (Lipinski definition) is 7. The first-order chi connectivity index (χ1) is 16.3. The van der Waals surface area contributed by atoms with Crippen molar-refractivity contribution in [1.82, 2.24) is 5.32 Å². The van der Waals surface area contributed by atoms with Crippen LogP contribution < -0.4 is 5.32 Å². The molecule has 0 spiro atoms. The normalized spacial score (nSPS) is 14.1. The number of phosphoric ester groups is 1. The van der Waals surface area contributed by atoms with Crippen molar-refractivity contribution in [3.63, 3.8) is 0 Å². The summed E-state index contributed by atoms with van der Waals surface area (Å²) < 4.78 is 26.1. The van der Waals surface area contributed by atoms with Crippen molar-refractivity contribution in [2.75, 3.05) is 26.4 Å². The van der Waals surface area contributed by atoms with E-state index < -0.39 is 26.5 Å². The number of hydrogen-bond donors (Lipinski definition) is 3. The molecule has 0 aliphatic heterocycles. The second kappa shape index (κ2) is 22.2. The third-order valence-corrected chi connectivity index (χ3v) is 5.90. The van der Waals surface area contributed by atoms with Crippen molar-refractivity contribution in [2.45, 2.75) is 103 Å². The molecule has 0 rings (SSSR count). The van der Waals surface area contributed by atoms with Gasteiger partial charge in [-0.1, -0.05) is 58.1 Å². The Kier molecular flexibility index (Phi) is 21.4. The van der Waals surface area contributed by atoms with Crippen molar-refractivity contribution in [3.8, 4) is 0 Å². The third kappa shape index (κ3) is 22.5. The molecule has 0 aliphatic carbocycles. The molecule has 0 aromatic rings. The zero-order chi connectivity index (χ0) is 25.5. The molecular formula is C24H46NO8P. The summed E-state index contributed by atoms with van der Waals surface area (Å²) in [5, 5.41) is 12.3. The maximum absolute atomic E-state index is 11.8. The second-order valence-corrected chi connectivity index (χ2v) is 9.76. The van der Waals surface area contributed by atoms with Gasteiger partial charge in [-0.05, 0) is 38.5 Å². The molecule has 0 fully saturated rings. The Bertz CT molecular complexity index is 600. The van der Waals surface area contributed by atoms with Gasteiger partial charge < -0.3 is 20.1 Å². The van der Waals surface area contributed by atoms with Crippen molar-refractivity contribution in [3.05, 3.63) is 12.2 Å². The molecule has 0 aromatic carbocycles. The Balaban J connectivity index is 3.66. The van der Waals surface area contributed by atoms with Crippen LogP contribution >= 0.6 is 7.82 Å². The van der Waals surface area contributed by atoms with E-state index in [1.54, 1.807) is 0 Å². The van der Waals surface area contributed by atoms with Gasteiger partial charge in [0, 0.05) is 19.4 Å². The van der Waals surface area contributed by atoms with Gasteiger partial charge in [0.1, 0.15) is 12.7 Å². The van der Waals surface area contributed by atoms with E-state index in [0.717, 1.165) is 38.5 Å². The molecule has 1 amide bonds. The van der Waals surface area contributed by atoms with Gasteiger partial charge in [-0.3, -0.25) is 18.6 Å². The fourth-order valence-corrected chi connectivity index (χ4v) is 3.76. The zero-order valence-electron chi connectivity index (χ0n) is 21.0. The van der Waals surface area contributed by atoms with Gasteiger partial charge in [-0.25, -0.2) is 4.57 Å². The van der Waals surface area contributed by atoms with E-state index in [0.29, 0.717) is 12.8 Å². The summed E-state index contributed by atoms with van der Waals surface area (Å²) in [5.41, 5.74) is 0. The highest BCUT2D eigenvalue weighted by atomic mass is 31.2. The Morgan fingerprint density at radius 3 is 2.21 bits per heavy atom. The summed E-state index contributed by atoms with van der Waals surface area (Å²) in [6.07, 6.45) is 15.8. The lowest BCUT2D eigenvalue weighted by atomic mass is 10.1. The summed E-state index contributed by atoms with van der Waals surface area (Å²) in [5.74, 6) is -0.585. The average Bonchev–Trinajstić information content (AvgIpc) is 2.80. The summed E-state index contributed by atoms with van der Waals surface area (Å²) >= 11 is 0. The first-order valence-electron chi connectivity index (χ1n) is 12.7. The molecule has 0 saturated carbocycles. The van der Waals surface area contributed by atoms with E-state index in [2.05, 4.69) is 28.9 Å². The van der Waals surface area contributed by atoms with Gasteiger partial charge in [-0.2, -0.15) is 0 Å². The lowest BCUT2D eigenvalue weighted by Gasteiger charge is -2.15. The lowest BCUT2D eigenvalue weighted by molar-refractivity contribution is -0.147. The second-order valence-electron chi connectivity index (χ2n) is 8.31. The van der Waals surface area contributed by atoms with Crippen molar-refractivity contribution in [2.24, 2.45) is 0 Å². The Morgan fingerprint density at radius 2 is 1.53 bits per heavy atom. The van der Waals surface area contributed by atoms with Crippen LogP contribution in [-0.2, 0) is 27.9 Å². The fourth-order valence-electron chi connectivity index (χ4n) is 3.00. The Hall–Kier alpha value is -1.25. The van der Waals surface area contributed by atoms with Crippen LogP contribution in [0.5, 0.6) is 0 Å². The highest BCUT2D eigenvalue weighted by molar-refractivity contribution is 7.47. The van der Waals surface area contributed by atoms with Crippen molar-refractivity contribution < 1.29 is 37.9 Å². The number of phosphoric acid groups is 1. The molecule has 2 unspecified atom stereocenters. The molecule has 0 heterocycles. The molecule has 0 aromatic heterocycles. The highest BCUT2D eigenvalue weighted by Gasteiger charge is 2.23. The number of carbonyl (C=O) groups excluding carboxylic acids is 2. The largest absolute Gasteiger partial charge is 0.472 e. The van der Waals surface area contributed by atoms with Gasteiger partial charge in [0.05, 0.1) is 13.2 Å². The highest BCUT2D eigenvalue weighted by Crippen LogP contribution is 2.42. The van der Waals surface area contributed by atoms with E-state index in [4.69, 9.17) is 9.26 Å². The van der Waals surface area contributed by atoms with Gasteiger partial charge in [-0.15, -0.1) is 0 Å². The smallest absolute Gasteiger partial charge is 0.463 e. The summed E-state index contributed by atoms with van der Waals surface area (Å²) in [6.45, 7) is 3.10. The number of nitrogens with one attached hydrogen (secondary N) is 1. The van der Waals surface area contributed by atoms with Crippen LogP contribution in [0.25, 0.3) is 0 Å². The average molecular weight is 508 g/mol. The molecule has 0 bridgehead atoms. The Labute approximate surface area is 205 Å². The number of carbonyl (C=O) groups is 2. The standard InChI is InChI=1S/C24H46NO8P/c1-3-5-6-7-8-9-10-11-12-13-14-15-17-24(28)31-20-22(26)21-33-34(29,30)32-19-18-25-23(27)16-4-2/h8-9,22,26H,3-7,10-21H2,1-2H3,(H,25,27)(H,29,30)/b9-8-. The summed E-state index contributed by atoms with van der Waals surface area (Å²) in [6, 6.07) is 0. The lowest BCUT2D eigenvalue weighted by Crippen LogP contribution is -2.27. The monoisotopic (exact) mass is 507 g/mol. The van der Waals surface area contributed by atoms with E-state index in [1.807, 2.05) is 6.92 Å². The van der Waals surface area contributed by atoms with Crippen LogP contribution in [0.1, 0.15) is 97.3 Å². The summed E-state index contributed by atoms with van der Waals surface area (Å²) in [4.78, 5) is 32.6. The SMILES string of the molecule is CCCCC/C=C\CCCCCCCC(=O)OCC(O)COP(=O)(O)OCCNC(=O)CCC. The molecule has 3 N–H and O–H groups in total. The molecule has 0 radical (unpaired) electrons. The minimum absolute atomic E-state index is 0.0725. The Morgan fingerprint density at radius 1 is 0.882 bits per heavy atom. The van der Waals surface area contributed by atoms with E-state index in [1.165, 1.54) is 25.7 Å². The van der Waals surface area contributed by atoms with Gasteiger partial charge in [0.25, 0.3) is 0 Å². The summed E-state index contributed by atoms with van der Waals surface area (Å²) in [7, 11) is -4.37. The quantitative estimate of drug-likeness (QED) is 0.0777. The molecule has 2 atom stereocenters.